The van der Waals surface area contributed by atoms with Gasteiger partial charge in [-0.2, -0.15) is 0 Å². The van der Waals surface area contributed by atoms with E-state index in [4.69, 9.17) is 0 Å². The lowest BCUT2D eigenvalue weighted by molar-refractivity contribution is 0.279. The van der Waals surface area contributed by atoms with E-state index in [2.05, 4.69) is 36.1 Å². The molecule has 0 aliphatic carbocycles. The van der Waals surface area contributed by atoms with Crippen molar-refractivity contribution in [2.75, 3.05) is 13.1 Å². The maximum Gasteiger partial charge on any atom is 0.127 e. The van der Waals surface area contributed by atoms with Crippen molar-refractivity contribution in [1.82, 2.24) is 4.90 Å². The summed E-state index contributed by atoms with van der Waals surface area (Å²) in [5.74, 6) is -0.110. The first-order valence-electron chi connectivity index (χ1n) is 6.79. The first kappa shape index (κ1) is 13.8. The Balaban J connectivity index is 1.92. The van der Waals surface area contributed by atoms with Crippen LogP contribution in [0.15, 0.2) is 54.6 Å². The summed E-state index contributed by atoms with van der Waals surface area (Å²) >= 11 is 0. The predicted molar refractivity (Wildman–Crippen MR) is 77.5 cm³/mol. The highest BCUT2D eigenvalue weighted by atomic mass is 19.1. The van der Waals surface area contributed by atoms with Crippen molar-refractivity contribution in [1.29, 1.82) is 0 Å². The molecule has 100 valence electrons. The second-order valence-electron chi connectivity index (χ2n) is 4.70. The van der Waals surface area contributed by atoms with Gasteiger partial charge in [0.2, 0.25) is 0 Å². The van der Waals surface area contributed by atoms with Crippen LogP contribution in [-0.2, 0) is 13.0 Å². The van der Waals surface area contributed by atoms with Crippen molar-refractivity contribution >= 4 is 0 Å². The van der Waals surface area contributed by atoms with Crippen LogP contribution in [0.25, 0.3) is 0 Å². The lowest BCUT2D eigenvalue weighted by atomic mass is 10.1. The fourth-order valence-electron chi connectivity index (χ4n) is 2.15. The van der Waals surface area contributed by atoms with E-state index in [-0.39, 0.29) is 5.82 Å². The molecule has 0 unspecified atom stereocenters. The van der Waals surface area contributed by atoms with Crippen molar-refractivity contribution in [2.24, 2.45) is 0 Å². The average Bonchev–Trinajstić information content (AvgIpc) is 2.46. The van der Waals surface area contributed by atoms with Gasteiger partial charge in [-0.3, -0.25) is 4.90 Å². The zero-order valence-electron chi connectivity index (χ0n) is 11.3. The lowest BCUT2D eigenvalue weighted by Gasteiger charge is -2.20. The molecular weight excluding hydrogens is 237 g/mol. The average molecular weight is 257 g/mol. The fourth-order valence-corrected chi connectivity index (χ4v) is 2.15. The largest absolute Gasteiger partial charge is 0.299 e. The van der Waals surface area contributed by atoms with E-state index in [0.29, 0.717) is 6.54 Å². The molecule has 0 spiro atoms. The molecule has 0 N–H and O–H groups in total. The van der Waals surface area contributed by atoms with E-state index in [0.717, 1.165) is 25.1 Å². The monoisotopic (exact) mass is 257 g/mol. The van der Waals surface area contributed by atoms with Gasteiger partial charge in [0.05, 0.1) is 0 Å². The fraction of sp³-hybridized carbons (Fsp3) is 0.294. The number of hydrogen-bond donors (Lipinski definition) is 0. The molecule has 0 radical (unpaired) electrons. The van der Waals surface area contributed by atoms with Crippen molar-refractivity contribution in [3.63, 3.8) is 0 Å². The minimum Gasteiger partial charge on any atom is -0.299 e. The lowest BCUT2D eigenvalue weighted by Crippen LogP contribution is -2.25. The molecule has 0 saturated carbocycles. The van der Waals surface area contributed by atoms with Gasteiger partial charge in [-0.05, 0) is 24.6 Å². The number of hydrogen-bond acceptors (Lipinski definition) is 1. The predicted octanol–water partition coefficient (Wildman–Crippen LogP) is 3.89. The Morgan fingerprint density at radius 1 is 0.947 bits per heavy atom. The summed E-state index contributed by atoms with van der Waals surface area (Å²) in [6.07, 6.45) is 1.00. The first-order chi connectivity index (χ1) is 9.29. The summed E-state index contributed by atoms with van der Waals surface area (Å²) in [4.78, 5) is 2.27. The summed E-state index contributed by atoms with van der Waals surface area (Å²) in [5.41, 5.74) is 2.10. The summed E-state index contributed by atoms with van der Waals surface area (Å²) in [7, 11) is 0. The van der Waals surface area contributed by atoms with Gasteiger partial charge in [-0.25, -0.2) is 4.39 Å². The minimum atomic E-state index is -0.110. The third-order valence-electron chi connectivity index (χ3n) is 3.36. The minimum absolute atomic E-state index is 0.110. The molecule has 2 heteroatoms. The van der Waals surface area contributed by atoms with Crippen molar-refractivity contribution in [3.8, 4) is 0 Å². The van der Waals surface area contributed by atoms with Crippen LogP contribution in [0.4, 0.5) is 4.39 Å². The van der Waals surface area contributed by atoms with Crippen molar-refractivity contribution < 1.29 is 4.39 Å². The van der Waals surface area contributed by atoms with E-state index in [1.54, 1.807) is 6.07 Å². The molecular formula is C17H20FN. The molecule has 0 aliphatic heterocycles. The number of nitrogens with zero attached hydrogens (tertiary/aromatic N) is 1. The zero-order chi connectivity index (χ0) is 13.5. The van der Waals surface area contributed by atoms with Gasteiger partial charge in [-0.15, -0.1) is 0 Å². The molecule has 0 aliphatic rings. The Bertz CT molecular complexity index is 496. The van der Waals surface area contributed by atoms with Crippen LogP contribution >= 0.6 is 0 Å². The first-order valence-corrected chi connectivity index (χ1v) is 6.79. The SMILES string of the molecule is CCN(CCc1ccccc1)Cc1ccccc1F. The number of halogens is 1. The molecule has 0 heterocycles. The molecule has 0 fully saturated rings. The van der Waals surface area contributed by atoms with E-state index in [1.807, 2.05) is 18.2 Å². The van der Waals surface area contributed by atoms with Crippen LogP contribution in [0.3, 0.4) is 0 Å². The Hall–Kier alpha value is -1.67. The van der Waals surface area contributed by atoms with Crippen LogP contribution in [0, 0.1) is 5.82 Å². The van der Waals surface area contributed by atoms with Gasteiger partial charge in [-0.1, -0.05) is 55.5 Å². The molecule has 0 amide bonds. The standard InChI is InChI=1S/C17H20FN/c1-2-19(13-12-15-8-4-3-5-9-15)14-16-10-6-7-11-17(16)18/h3-11H,2,12-14H2,1H3. The number of likely N-dealkylation sites (N-methyl/N-ethyl adjacent to an activating group) is 1. The molecule has 0 bridgehead atoms. The number of rotatable bonds is 6. The second-order valence-corrected chi connectivity index (χ2v) is 4.70. The summed E-state index contributed by atoms with van der Waals surface area (Å²) < 4.78 is 13.6. The topological polar surface area (TPSA) is 3.24 Å². The Kier molecular flexibility index (Phi) is 5.10. The maximum absolute atomic E-state index is 13.6. The molecule has 0 atom stereocenters. The Labute approximate surface area is 114 Å². The van der Waals surface area contributed by atoms with Gasteiger partial charge in [0, 0.05) is 18.7 Å². The molecule has 2 aromatic rings. The summed E-state index contributed by atoms with van der Waals surface area (Å²) in [5, 5.41) is 0. The van der Waals surface area contributed by atoms with Gasteiger partial charge < -0.3 is 0 Å². The molecule has 2 rings (SSSR count). The van der Waals surface area contributed by atoms with Crippen LogP contribution < -0.4 is 0 Å². The van der Waals surface area contributed by atoms with Gasteiger partial charge in [0.15, 0.2) is 0 Å². The van der Waals surface area contributed by atoms with Gasteiger partial charge >= 0.3 is 0 Å². The molecule has 2 aromatic carbocycles. The highest BCUT2D eigenvalue weighted by molar-refractivity contribution is 5.18. The van der Waals surface area contributed by atoms with E-state index in [9.17, 15) is 4.39 Å². The van der Waals surface area contributed by atoms with Crippen LogP contribution in [0.1, 0.15) is 18.1 Å². The quantitative estimate of drug-likeness (QED) is 0.759. The van der Waals surface area contributed by atoms with Crippen LogP contribution in [0.2, 0.25) is 0 Å². The number of benzene rings is 2. The Morgan fingerprint density at radius 3 is 2.32 bits per heavy atom. The van der Waals surface area contributed by atoms with Crippen molar-refractivity contribution in [2.45, 2.75) is 19.9 Å². The van der Waals surface area contributed by atoms with Gasteiger partial charge in [0.1, 0.15) is 5.82 Å². The van der Waals surface area contributed by atoms with Gasteiger partial charge in [0.25, 0.3) is 0 Å². The third kappa shape index (κ3) is 4.18. The van der Waals surface area contributed by atoms with E-state index >= 15 is 0 Å². The van der Waals surface area contributed by atoms with Crippen LogP contribution in [0.5, 0.6) is 0 Å². The summed E-state index contributed by atoms with van der Waals surface area (Å²) in [6, 6.07) is 17.4. The third-order valence-corrected chi connectivity index (χ3v) is 3.36. The zero-order valence-corrected chi connectivity index (χ0v) is 11.3. The maximum atomic E-state index is 13.6. The molecule has 0 aromatic heterocycles. The van der Waals surface area contributed by atoms with E-state index in [1.165, 1.54) is 11.6 Å². The van der Waals surface area contributed by atoms with Crippen LogP contribution in [-0.4, -0.2) is 18.0 Å². The smallest absolute Gasteiger partial charge is 0.127 e. The highest BCUT2D eigenvalue weighted by Crippen LogP contribution is 2.10. The molecule has 0 saturated heterocycles. The second kappa shape index (κ2) is 7.05. The Morgan fingerprint density at radius 2 is 1.63 bits per heavy atom. The highest BCUT2D eigenvalue weighted by Gasteiger charge is 2.07. The normalized spacial score (nSPS) is 10.9. The molecule has 1 nitrogen and oxygen atoms in total. The summed E-state index contributed by atoms with van der Waals surface area (Å²) in [6.45, 7) is 4.68. The van der Waals surface area contributed by atoms with E-state index < -0.39 is 0 Å². The molecule has 19 heavy (non-hydrogen) atoms. The van der Waals surface area contributed by atoms with Crippen molar-refractivity contribution in [3.05, 3.63) is 71.5 Å².